The van der Waals surface area contributed by atoms with Crippen LogP contribution >= 0.6 is 0 Å². The molecule has 2 aromatic rings. The van der Waals surface area contributed by atoms with Crippen LogP contribution in [0, 0.1) is 6.92 Å². The minimum atomic E-state index is -4.32. The zero-order valence-electron chi connectivity index (χ0n) is 28.2. The molecular weight excluding hydrogens is 596 g/mol. The SMILES string of the molecule is Cc1ccc2c(c1)C(C)(C)/C(=C\C=C1\C=C(CCC3=[N+](CCCCCC(=O)O)c4ccc(S(=O)(=O)O)cc4C3(C)C)CCC1)N2C. The van der Waals surface area contributed by atoms with Gasteiger partial charge in [0.15, 0.2) is 5.71 Å². The molecule has 2 heterocycles. The summed E-state index contributed by atoms with van der Waals surface area (Å²) in [4.78, 5) is 13.2. The number of anilines is 1. The normalized spacial score (nSPS) is 20.3. The number of carbonyl (C=O) groups is 1. The smallest absolute Gasteiger partial charge is 0.303 e. The van der Waals surface area contributed by atoms with Crippen LogP contribution in [-0.2, 0) is 25.7 Å². The van der Waals surface area contributed by atoms with E-state index in [0.717, 1.165) is 62.7 Å². The van der Waals surface area contributed by atoms with Crippen LogP contribution in [0.5, 0.6) is 0 Å². The van der Waals surface area contributed by atoms with Crippen molar-refractivity contribution in [1.82, 2.24) is 0 Å². The first-order valence-corrected chi connectivity index (χ1v) is 18.0. The molecule has 0 atom stereocenters. The second-order valence-corrected chi connectivity index (χ2v) is 15.7. The fraction of sp³-hybridized carbons (Fsp3) is 0.474. The van der Waals surface area contributed by atoms with Crippen LogP contribution in [0.2, 0.25) is 0 Å². The van der Waals surface area contributed by atoms with Gasteiger partial charge in [0.2, 0.25) is 5.69 Å². The van der Waals surface area contributed by atoms with Crippen LogP contribution in [0.4, 0.5) is 11.4 Å². The maximum Gasteiger partial charge on any atom is 0.303 e. The molecule has 8 heteroatoms. The van der Waals surface area contributed by atoms with Crippen molar-refractivity contribution in [2.24, 2.45) is 0 Å². The van der Waals surface area contributed by atoms with Crippen molar-refractivity contribution in [2.45, 2.75) is 108 Å². The zero-order chi connectivity index (χ0) is 33.4. The van der Waals surface area contributed by atoms with E-state index in [2.05, 4.69) is 87.6 Å². The third kappa shape index (κ3) is 6.79. The highest BCUT2D eigenvalue weighted by Crippen LogP contribution is 2.47. The van der Waals surface area contributed by atoms with Gasteiger partial charge in [0.1, 0.15) is 6.54 Å². The maximum absolute atomic E-state index is 12.0. The summed E-state index contributed by atoms with van der Waals surface area (Å²) in [5.74, 6) is -0.776. The number of carboxylic acids is 1. The van der Waals surface area contributed by atoms with Gasteiger partial charge >= 0.3 is 5.97 Å². The van der Waals surface area contributed by atoms with Gasteiger partial charge in [-0.1, -0.05) is 49.3 Å². The van der Waals surface area contributed by atoms with Gasteiger partial charge in [-0.25, -0.2) is 0 Å². The molecule has 3 aliphatic rings. The Morgan fingerprint density at radius 3 is 2.43 bits per heavy atom. The monoisotopic (exact) mass is 645 g/mol. The summed E-state index contributed by atoms with van der Waals surface area (Å²) in [5, 5.41) is 9.04. The van der Waals surface area contributed by atoms with Crippen molar-refractivity contribution in [1.29, 1.82) is 0 Å². The minimum Gasteiger partial charge on any atom is -0.481 e. The molecule has 2 aromatic carbocycles. The van der Waals surface area contributed by atoms with E-state index < -0.39 is 21.5 Å². The minimum absolute atomic E-state index is 0.0691. The average Bonchev–Trinajstić information content (AvgIpc) is 3.31. The summed E-state index contributed by atoms with van der Waals surface area (Å²) in [6, 6.07) is 11.6. The van der Waals surface area contributed by atoms with E-state index in [0.29, 0.717) is 6.42 Å². The highest BCUT2D eigenvalue weighted by atomic mass is 32.2. The van der Waals surface area contributed by atoms with E-state index in [1.807, 2.05) is 0 Å². The number of hydrogen-bond acceptors (Lipinski definition) is 4. The summed E-state index contributed by atoms with van der Waals surface area (Å²) in [5.41, 5.74) is 10.6. The molecule has 0 saturated carbocycles. The lowest BCUT2D eigenvalue weighted by Gasteiger charge is -2.24. The molecule has 7 nitrogen and oxygen atoms in total. The van der Waals surface area contributed by atoms with Gasteiger partial charge in [-0.15, -0.1) is 0 Å². The Balaban J connectivity index is 1.38. The average molecular weight is 646 g/mol. The summed E-state index contributed by atoms with van der Waals surface area (Å²) in [6.45, 7) is 11.8. The second-order valence-electron chi connectivity index (χ2n) is 14.2. The predicted molar refractivity (Wildman–Crippen MR) is 185 cm³/mol. The molecule has 0 amide bonds. The number of rotatable bonds is 11. The van der Waals surface area contributed by atoms with Gasteiger partial charge in [0.05, 0.1) is 10.3 Å². The lowest BCUT2D eigenvalue weighted by Crippen LogP contribution is -2.30. The number of allylic oxidation sites excluding steroid dienone is 6. The van der Waals surface area contributed by atoms with Crippen molar-refractivity contribution in [2.75, 3.05) is 18.5 Å². The second kappa shape index (κ2) is 13.0. The number of fused-ring (bicyclic) bond motifs is 2. The quantitative estimate of drug-likeness (QED) is 0.145. The molecule has 5 rings (SSSR count). The molecule has 0 bridgehead atoms. The first-order valence-electron chi connectivity index (χ1n) is 16.5. The van der Waals surface area contributed by atoms with Crippen molar-refractivity contribution >= 4 is 33.2 Å². The first-order chi connectivity index (χ1) is 21.6. The van der Waals surface area contributed by atoms with E-state index >= 15 is 0 Å². The Morgan fingerprint density at radius 2 is 1.72 bits per heavy atom. The van der Waals surface area contributed by atoms with Gasteiger partial charge in [0, 0.05) is 54.7 Å². The molecule has 46 heavy (non-hydrogen) atoms. The van der Waals surface area contributed by atoms with Crippen LogP contribution < -0.4 is 4.90 Å². The van der Waals surface area contributed by atoms with Gasteiger partial charge < -0.3 is 10.0 Å². The standard InChI is InChI=1S/C38H48N2O5S/c1-26-14-18-32-30(23-26)37(2,3)34(39(32)6)20-15-27-11-10-12-28(24-27)16-21-35-38(4,5)31-25-29(46(43,44)45)17-19-33(31)40(35)22-9-7-8-13-36(41)42/h14-15,17-20,23-25H,7-13,16,21-22H2,1-6H3,(H-,41,42,43,44,45)/p+1/b27-15+,34-20+. The zero-order valence-corrected chi connectivity index (χ0v) is 29.0. The van der Waals surface area contributed by atoms with E-state index in [4.69, 9.17) is 5.11 Å². The predicted octanol–water partition coefficient (Wildman–Crippen LogP) is 8.39. The number of aliphatic carboxylic acids is 1. The highest BCUT2D eigenvalue weighted by Gasteiger charge is 2.45. The third-order valence-corrected chi connectivity index (χ3v) is 11.1. The van der Waals surface area contributed by atoms with E-state index in [1.54, 1.807) is 12.1 Å². The molecule has 0 aromatic heterocycles. The molecule has 246 valence electrons. The molecule has 0 fully saturated rings. The fourth-order valence-electron chi connectivity index (χ4n) is 7.65. The molecule has 0 unspecified atom stereocenters. The Labute approximate surface area is 274 Å². The van der Waals surface area contributed by atoms with Crippen LogP contribution in [-0.4, -0.2) is 47.9 Å². The van der Waals surface area contributed by atoms with Gasteiger partial charge in [-0.2, -0.15) is 13.0 Å². The molecule has 0 radical (unpaired) electrons. The van der Waals surface area contributed by atoms with Crippen molar-refractivity contribution in [3.63, 3.8) is 0 Å². The number of carboxylic acid groups (broad SMARTS) is 1. The number of benzene rings is 2. The molecule has 2 aliphatic heterocycles. The summed E-state index contributed by atoms with van der Waals surface area (Å²) in [6.07, 6.45) is 14.4. The topological polar surface area (TPSA) is 97.9 Å². The van der Waals surface area contributed by atoms with E-state index in [1.165, 1.54) is 45.4 Å². The first kappa shape index (κ1) is 33.9. The van der Waals surface area contributed by atoms with E-state index in [9.17, 15) is 17.8 Å². The van der Waals surface area contributed by atoms with Crippen LogP contribution in [0.25, 0.3) is 0 Å². The van der Waals surface area contributed by atoms with Gasteiger partial charge in [-0.05, 0) is 94.7 Å². The van der Waals surface area contributed by atoms with Crippen molar-refractivity contribution in [3.8, 4) is 0 Å². The summed E-state index contributed by atoms with van der Waals surface area (Å²) >= 11 is 0. The molecule has 0 saturated heterocycles. The molecular formula is C38H49N2O5S+. The fourth-order valence-corrected chi connectivity index (χ4v) is 8.15. The van der Waals surface area contributed by atoms with Crippen LogP contribution in [0.1, 0.15) is 102 Å². The van der Waals surface area contributed by atoms with E-state index in [-0.39, 0.29) is 16.7 Å². The van der Waals surface area contributed by atoms with Crippen molar-refractivity contribution < 1.29 is 27.4 Å². The number of likely N-dealkylation sites (N-methyl/N-ethyl adjacent to an activating group) is 1. The third-order valence-electron chi connectivity index (χ3n) is 10.2. The number of unbranched alkanes of at least 4 members (excludes halogenated alkanes) is 2. The van der Waals surface area contributed by atoms with Crippen LogP contribution in [0.15, 0.2) is 76.4 Å². The molecule has 1 aliphatic carbocycles. The molecule has 0 spiro atoms. The summed E-state index contributed by atoms with van der Waals surface area (Å²) < 4.78 is 36.1. The molecule has 2 N–H and O–H groups in total. The lowest BCUT2D eigenvalue weighted by molar-refractivity contribution is -0.440. The maximum atomic E-state index is 12.0. The van der Waals surface area contributed by atoms with Crippen molar-refractivity contribution in [3.05, 3.63) is 88.2 Å². The Morgan fingerprint density at radius 1 is 0.957 bits per heavy atom. The number of nitrogens with zero attached hydrogens (tertiary/aromatic N) is 2. The van der Waals surface area contributed by atoms with Gasteiger partial charge in [0.25, 0.3) is 10.1 Å². The summed E-state index contributed by atoms with van der Waals surface area (Å²) in [7, 11) is -2.17. The largest absolute Gasteiger partial charge is 0.481 e. The Bertz CT molecular complexity index is 1780. The lowest BCUT2D eigenvalue weighted by atomic mass is 9.79. The highest BCUT2D eigenvalue weighted by molar-refractivity contribution is 7.85. The number of aryl methyl sites for hydroxylation is 1. The number of hydrogen-bond donors (Lipinski definition) is 2. The Kier molecular flexibility index (Phi) is 9.54. The van der Waals surface area contributed by atoms with Crippen LogP contribution in [0.3, 0.4) is 0 Å². The Hall–Kier alpha value is -3.49. The van der Waals surface area contributed by atoms with Gasteiger partial charge in [-0.3, -0.25) is 9.35 Å².